The molecule has 0 aromatic heterocycles. The second kappa shape index (κ2) is 8.98. The van der Waals surface area contributed by atoms with E-state index in [1.54, 1.807) is 7.11 Å². The molecule has 1 atom stereocenters. The molecular formula is C16H27NO. The van der Waals surface area contributed by atoms with E-state index in [1.807, 2.05) is 0 Å². The number of unbranched alkanes of at least 4 members (excludes halogenated alkanes) is 2. The summed E-state index contributed by atoms with van der Waals surface area (Å²) in [6, 6.07) is 9.08. The van der Waals surface area contributed by atoms with E-state index in [0.717, 1.165) is 13.0 Å². The third kappa shape index (κ3) is 5.54. The van der Waals surface area contributed by atoms with Gasteiger partial charge in [-0.15, -0.1) is 0 Å². The van der Waals surface area contributed by atoms with Crippen LogP contribution in [0.3, 0.4) is 0 Å². The highest BCUT2D eigenvalue weighted by molar-refractivity contribution is 5.51. The van der Waals surface area contributed by atoms with Crippen molar-refractivity contribution in [3.8, 4) is 0 Å². The highest BCUT2D eigenvalue weighted by atomic mass is 16.5. The number of para-hydroxylation sites is 1. The maximum atomic E-state index is 5.16. The largest absolute Gasteiger partial charge is 0.384 e. The predicted molar refractivity (Wildman–Crippen MR) is 79.2 cm³/mol. The number of hydrogen-bond donors (Lipinski definition) is 1. The van der Waals surface area contributed by atoms with Gasteiger partial charge < -0.3 is 10.1 Å². The smallest absolute Gasteiger partial charge is 0.0503 e. The number of methoxy groups -OCH3 is 1. The van der Waals surface area contributed by atoms with E-state index in [0.29, 0.717) is 6.04 Å². The molecule has 2 heteroatoms. The molecule has 102 valence electrons. The molecule has 0 radical (unpaired) electrons. The zero-order chi connectivity index (χ0) is 13.2. The van der Waals surface area contributed by atoms with Crippen LogP contribution in [0.1, 0.15) is 45.1 Å². The predicted octanol–water partition coefficient (Wildman–Crippen LogP) is 4.26. The third-order valence-electron chi connectivity index (χ3n) is 3.24. The summed E-state index contributed by atoms with van der Waals surface area (Å²) in [5.74, 6) is 0. The van der Waals surface area contributed by atoms with E-state index in [4.69, 9.17) is 4.74 Å². The molecule has 1 aromatic rings. The lowest BCUT2D eigenvalue weighted by Gasteiger charge is -2.18. The van der Waals surface area contributed by atoms with Crippen LogP contribution in [0.15, 0.2) is 24.3 Å². The topological polar surface area (TPSA) is 21.3 Å². The molecule has 0 bridgehead atoms. The van der Waals surface area contributed by atoms with E-state index in [1.165, 1.54) is 36.9 Å². The van der Waals surface area contributed by atoms with Gasteiger partial charge in [0.1, 0.15) is 0 Å². The number of benzene rings is 1. The van der Waals surface area contributed by atoms with E-state index < -0.39 is 0 Å². The molecule has 2 nitrogen and oxygen atoms in total. The van der Waals surface area contributed by atoms with Crippen LogP contribution < -0.4 is 5.32 Å². The van der Waals surface area contributed by atoms with Crippen molar-refractivity contribution < 1.29 is 4.74 Å². The lowest BCUT2D eigenvalue weighted by Crippen LogP contribution is -2.16. The maximum Gasteiger partial charge on any atom is 0.0503 e. The Morgan fingerprint density at radius 3 is 2.72 bits per heavy atom. The minimum atomic E-state index is 0.542. The number of rotatable bonds is 9. The molecular weight excluding hydrogens is 222 g/mol. The van der Waals surface area contributed by atoms with Crippen molar-refractivity contribution in [2.75, 3.05) is 19.0 Å². The second-order valence-electron chi connectivity index (χ2n) is 4.94. The van der Waals surface area contributed by atoms with Crippen molar-refractivity contribution in [2.24, 2.45) is 0 Å². The fraction of sp³-hybridized carbons (Fsp3) is 0.625. The van der Waals surface area contributed by atoms with Crippen molar-refractivity contribution in [3.63, 3.8) is 0 Å². The van der Waals surface area contributed by atoms with Crippen LogP contribution >= 0.6 is 0 Å². The van der Waals surface area contributed by atoms with Gasteiger partial charge in [0, 0.05) is 18.8 Å². The molecule has 18 heavy (non-hydrogen) atoms. The van der Waals surface area contributed by atoms with Crippen LogP contribution in [0.2, 0.25) is 0 Å². The summed E-state index contributed by atoms with van der Waals surface area (Å²) >= 11 is 0. The van der Waals surface area contributed by atoms with Gasteiger partial charge in [-0.25, -0.2) is 0 Å². The fourth-order valence-corrected chi connectivity index (χ4v) is 2.13. The van der Waals surface area contributed by atoms with Crippen molar-refractivity contribution in [3.05, 3.63) is 29.8 Å². The zero-order valence-electron chi connectivity index (χ0n) is 12.0. The van der Waals surface area contributed by atoms with Crippen LogP contribution in [0.25, 0.3) is 0 Å². The van der Waals surface area contributed by atoms with Crippen molar-refractivity contribution in [2.45, 2.75) is 52.0 Å². The average molecular weight is 249 g/mol. The lowest BCUT2D eigenvalue weighted by molar-refractivity contribution is 0.202. The zero-order valence-corrected chi connectivity index (χ0v) is 12.0. The average Bonchev–Trinajstić information content (AvgIpc) is 2.38. The SMILES string of the molecule is CCCCCC(C)Nc1ccccc1CCOC. The van der Waals surface area contributed by atoms with Gasteiger partial charge in [0.25, 0.3) is 0 Å². The molecule has 0 saturated heterocycles. The molecule has 1 aromatic carbocycles. The molecule has 0 aliphatic heterocycles. The molecule has 1 unspecified atom stereocenters. The van der Waals surface area contributed by atoms with Gasteiger partial charge in [-0.05, 0) is 31.4 Å². The van der Waals surface area contributed by atoms with Crippen molar-refractivity contribution in [1.29, 1.82) is 0 Å². The Balaban J connectivity index is 2.49. The number of nitrogens with one attached hydrogen (secondary N) is 1. The van der Waals surface area contributed by atoms with Gasteiger partial charge in [-0.1, -0.05) is 44.4 Å². The molecule has 0 heterocycles. The molecule has 1 N–H and O–H groups in total. The minimum absolute atomic E-state index is 0.542. The van der Waals surface area contributed by atoms with Gasteiger partial charge in [-0.3, -0.25) is 0 Å². The Bertz CT molecular complexity index is 325. The summed E-state index contributed by atoms with van der Waals surface area (Å²) in [7, 11) is 1.75. The molecule has 0 amide bonds. The summed E-state index contributed by atoms with van der Waals surface area (Å²) in [5, 5.41) is 3.62. The first-order valence-electron chi connectivity index (χ1n) is 7.11. The van der Waals surface area contributed by atoms with Gasteiger partial charge in [-0.2, -0.15) is 0 Å². The van der Waals surface area contributed by atoms with Crippen LogP contribution in [0.5, 0.6) is 0 Å². The molecule has 0 aliphatic carbocycles. The Labute approximate surface area is 112 Å². The number of hydrogen-bond acceptors (Lipinski definition) is 2. The van der Waals surface area contributed by atoms with E-state index >= 15 is 0 Å². The lowest BCUT2D eigenvalue weighted by atomic mass is 10.1. The van der Waals surface area contributed by atoms with Crippen molar-refractivity contribution >= 4 is 5.69 Å². The number of ether oxygens (including phenoxy) is 1. The van der Waals surface area contributed by atoms with Crippen LogP contribution in [-0.2, 0) is 11.2 Å². The molecule has 0 saturated carbocycles. The molecule has 0 fully saturated rings. The highest BCUT2D eigenvalue weighted by Crippen LogP contribution is 2.18. The van der Waals surface area contributed by atoms with Crippen LogP contribution in [0, 0.1) is 0 Å². The second-order valence-corrected chi connectivity index (χ2v) is 4.94. The molecule has 0 spiro atoms. The van der Waals surface area contributed by atoms with Crippen molar-refractivity contribution in [1.82, 2.24) is 0 Å². The van der Waals surface area contributed by atoms with E-state index in [9.17, 15) is 0 Å². The first-order chi connectivity index (χ1) is 8.77. The Morgan fingerprint density at radius 1 is 1.22 bits per heavy atom. The van der Waals surface area contributed by atoms with Gasteiger partial charge in [0.2, 0.25) is 0 Å². The maximum absolute atomic E-state index is 5.16. The Morgan fingerprint density at radius 2 is 2.00 bits per heavy atom. The van der Waals surface area contributed by atoms with Gasteiger partial charge in [0.05, 0.1) is 6.61 Å². The Hall–Kier alpha value is -1.02. The quantitative estimate of drug-likeness (QED) is 0.660. The monoisotopic (exact) mass is 249 g/mol. The summed E-state index contributed by atoms with van der Waals surface area (Å²) < 4.78 is 5.16. The summed E-state index contributed by atoms with van der Waals surface area (Å²) in [5.41, 5.74) is 2.61. The first-order valence-corrected chi connectivity index (χ1v) is 7.11. The van der Waals surface area contributed by atoms with E-state index in [2.05, 4.69) is 43.4 Å². The first kappa shape index (κ1) is 15.0. The normalized spacial score (nSPS) is 12.4. The standard InChI is InChI=1S/C16H27NO/c1-4-5-6-9-14(2)17-16-11-8-7-10-15(16)12-13-18-3/h7-8,10-11,14,17H,4-6,9,12-13H2,1-3H3. The minimum Gasteiger partial charge on any atom is -0.384 e. The van der Waals surface area contributed by atoms with Crippen LogP contribution in [0.4, 0.5) is 5.69 Å². The molecule has 0 aliphatic rings. The van der Waals surface area contributed by atoms with Gasteiger partial charge >= 0.3 is 0 Å². The fourth-order valence-electron chi connectivity index (χ4n) is 2.13. The van der Waals surface area contributed by atoms with Gasteiger partial charge in [0.15, 0.2) is 0 Å². The summed E-state index contributed by atoms with van der Waals surface area (Å²) in [6.45, 7) is 5.30. The molecule has 1 rings (SSSR count). The summed E-state index contributed by atoms with van der Waals surface area (Å²) in [4.78, 5) is 0. The van der Waals surface area contributed by atoms with Crippen LogP contribution in [-0.4, -0.2) is 19.8 Å². The third-order valence-corrected chi connectivity index (χ3v) is 3.24. The highest BCUT2D eigenvalue weighted by Gasteiger charge is 2.05. The van der Waals surface area contributed by atoms with E-state index in [-0.39, 0.29) is 0 Å². The Kier molecular flexibility index (Phi) is 7.51. The summed E-state index contributed by atoms with van der Waals surface area (Å²) in [6.07, 6.45) is 6.15. The number of anilines is 1.